The maximum Gasteiger partial charge on any atom is 0.215 e. The number of nitrogens with two attached hydrogens (primary N) is 1. The molecule has 0 spiro atoms. The fourth-order valence-corrected chi connectivity index (χ4v) is 2.21. The smallest absolute Gasteiger partial charge is 0.215 e. The molecule has 0 aliphatic rings. The molecule has 1 rings (SSSR count). The number of hydrogen-bond donors (Lipinski definition) is 1. The minimum atomic E-state index is -3.51. The van der Waals surface area contributed by atoms with E-state index in [1.165, 1.54) is 0 Å². The first-order valence-electron chi connectivity index (χ1n) is 4.83. The zero-order chi connectivity index (χ0) is 11.8. The zero-order valence-electron chi connectivity index (χ0n) is 9.53. The standard InChI is InChI=1S/C11H17NO2S/c1-7-5-9(3)11(6-8(7)2)10(4)15(12,13)14/h5-6,10H,1-4H3,(H2,12,13,14). The molecular weight excluding hydrogens is 210 g/mol. The van der Waals surface area contributed by atoms with E-state index < -0.39 is 15.3 Å². The number of rotatable bonds is 2. The molecule has 2 N–H and O–H groups in total. The van der Waals surface area contributed by atoms with Crippen molar-refractivity contribution in [3.8, 4) is 0 Å². The molecule has 1 aromatic rings. The Hall–Kier alpha value is -0.870. The topological polar surface area (TPSA) is 60.2 Å². The number of aryl methyl sites for hydroxylation is 3. The van der Waals surface area contributed by atoms with Crippen molar-refractivity contribution in [1.29, 1.82) is 0 Å². The van der Waals surface area contributed by atoms with Gasteiger partial charge in [-0.1, -0.05) is 12.1 Å². The van der Waals surface area contributed by atoms with Gasteiger partial charge in [0, 0.05) is 0 Å². The van der Waals surface area contributed by atoms with Crippen LogP contribution in [0.2, 0.25) is 0 Å². The van der Waals surface area contributed by atoms with Gasteiger partial charge in [0.05, 0.1) is 5.25 Å². The van der Waals surface area contributed by atoms with E-state index in [4.69, 9.17) is 5.14 Å². The summed E-state index contributed by atoms with van der Waals surface area (Å²) in [6.45, 7) is 7.50. The van der Waals surface area contributed by atoms with Gasteiger partial charge >= 0.3 is 0 Å². The Kier molecular flexibility index (Phi) is 3.21. The molecule has 3 nitrogen and oxygen atoms in total. The van der Waals surface area contributed by atoms with Crippen molar-refractivity contribution in [3.63, 3.8) is 0 Å². The summed E-state index contributed by atoms with van der Waals surface area (Å²) in [5, 5.41) is 4.50. The Morgan fingerprint density at radius 3 is 2.00 bits per heavy atom. The lowest BCUT2D eigenvalue weighted by atomic mass is 9.99. The van der Waals surface area contributed by atoms with E-state index in [0.29, 0.717) is 0 Å². The number of hydrogen-bond acceptors (Lipinski definition) is 2. The Balaban J connectivity index is 3.33. The van der Waals surface area contributed by atoms with Gasteiger partial charge in [0.1, 0.15) is 0 Å². The second-order valence-electron chi connectivity index (χ2n) is 4.02. The average molecular weight is 227 g/mol. The van der Waals surface area contributed by atoms with Gasteiger partial charge in [0.15, 0.2) is 0 Å². The van der Waals surface area contributed by atoms with Gasteiger partial charge in [-0.3, -0.25) is 0 Å². The first-order chi connectivity index (χ1) is 6.73. The second-order valence-corrected chi connectivity index (χ2v) is 5.91. The van der Waals surface area contributed by atoms with Crippen LogP contribution >= 0.6 is 0 Å². The van der Waals surface area contributed by atoms with Crippen LogP contribution in [0.4, 0.5) is 0 Å². The van der Waals surface area contributed by atoms with Crippen molar-refractivity contribution in [2.75, 3.05) is 0 Å². The second kappa shape index (κ2) is 3.94. The molecule has 0 saturated heterocycles. The van der Waals surface area contributed by atoms with E-state index >= 15 is 0 Å². The van der Waals surface area contributed by atoms with E-state index in [0.717, 1.165) is 22.3 Å². The number of sulfonamides is 1. The summed E-state index contributed by atoms with van der Waals surface area (Å²) in [6, 6.07) is 3.89. The molecule has 0 aromatic heterocycles. The molecule has 0 bridgehead atoms. The van der Waals surface area contributed by atoms with Gasteiger partial charge < -0.3 is 0 Å². The normalized spacial score (nSPS) is 13.9. The molecule has 0 amide bonds. The maximum absolute atomic E-state index is 11.3. The fourth-order valence-electron chi connectivity index (χ4n) is 1.60. The summed E-state index contributed by atoms with van der Waals surface area (Å²) in [7, 11) is -3.51. The fraction of sp³-hybridized carbons (Fsp3) is 0.455. The summed E-state index contributed by atoms with van der Waals surface area (Å²) < 4.78 is 22.5. The van der Waals surface area contributed by atoms with Crippen LogP contribution in [-0.4, -0.2) is 8.42 Å². The van der Waals surface area contributed by atoms with E-state index in [-0.39, 0.29) is 0 Å². The summed E-state index contributed by atoms with van der Waals surface area (Å²) in [4.78, 5) is 0. The highest BCUT2D eigenvalue weighted by atomic mass is 32.2. The van der Waals surface area contributed by atoms with E-state index in [9.17, 15) is 8.42 Å². The van der Waals surface area contributed by atoms with Gasteiger partial charge in [0.2, 0.25) is 10.0 Å². The van der Waals surface area contributed by atoms with E-state index in [2.05, 4.69) is 0 Å². The highest BCUT2D eigenvalue weighted by molar-refractivity contribution is 7.89. The van der Waals surface area contributed by atoms with Crippen LogP contribution in [-0.2, 0) is 10.0 Å². The third kappa shape index (κ3) is 2.58. The van der Waals surface area contributed by atoms with Crippen LogP contribution in [0.1, 0.15) is 34.4 Å². The maximum atomic E-state index is 11.3. The van der Waals surface area contributed by atoms with Crippen molar-refractivity contribution < 1.29 is 8.42 Å². The van der Waals surface area contributed by atoms with E-state index in [1.54, 1.807) is 6.92 Å². The lowest BCUT2D eigenvalue weighted by molar-refractivity contribution is 0.587. The Morgan fingerprint density at radius 2 is 1.53 bits per heavy atom. The summed E-state index contributed by atoms with van der Waals surface area (Å²) in [5.41, 5.74) is 4.02. The Bertz CT molecular complexity index is 478. The van der Waals surface area contributed by atoms with Crippen molar-refractivity contribution in [1.82, 2.24) is 0 Å². The van der Waals surface area contributed by atoms with E-state index in [1.807, 2.05) is 32.9 Å². The predicted octanol–water partition coefficient (Wildman–Crippen LogP) is 1.96. The monoisotopic (exact) mass is 227 g/mol. The lowest BCUT2D eigenvalue weighted by Gasteiger charge is -2.14. The molecule has 0 aliphatic carbocycles. The minimum Gasteiger partial charge on any atom is -0.228 e. The highest BCUT2D eigenvalue weighted by Crippen LogP contribution is 2.25. The number of benzene rings is 1. The molecule has 1 aromatic carbocycles. The van der Waals surface area contributed by atoms with Crippen molar-refractivity contribution in [3.05, 3.63) is 34.4 Å². The first kappa shape index (κ1) is 12.2. The molecule has 1 atom stereocenters. The first-order valence-corrected chi connectivity index (χ1v) is 6.43. The largest absolute Gasteiger partial charge is 0.228 e. The average Bonchev–Trinajstić information content (AvgIpc) is 2.08. The third-order valence-corrected chi connectivity index (χ3v) is 4.05. The molecule has 0 radical (unpaired) electrons. The molecule has 0 fully saturated rings. The third-order valence-electron chi connectivity index (χ3n) is 2.81. The quantitative estimate of drug-likeness (QED) is 0.839. The van der Waals surface area contributed by atoms with Gasteiger partial charge in [-0.2, -0.15) is 0 Å². The summed E-state index contributed by atoms with van der Waals surface area (Å²) in [6.07, 6.45) is 0. The molecule has 84 valence electrons. The van der Waals surface area contributed by atoms with Crippen LogP contribution < -0.4 is 5.14 Å². The molecular formula is C11H17NO2S. The number of primary sulfonamides is 1. The molecule has 0 aliphatic heterocycles. The predicted molar refractivity (Wildman–Crippen MR) is 62.2 cm³/mol. The molecule has 0 saturated carbocycles. The van der Waals surface area contributed by atoms with Crippen LogP contribution in [0.3, 0.4) is 0 Å². The van der Waals surface area contributed by atoms with Crippen LogP contribution in [0.15, 0.2) is 12.1 Å². The Labute approximate surface area is 91.4 Å². The molecule has 1 unspecified atom stereocenters. The van der Waals surface area contributed by atoms with Crippen LogP contribution in [0.25, 0.3) is 0 Å². The van der Waals surface area contributed by atoms with Crippen LogP contribution in [0.5, 0.6) is 0 Å². The van der Waals surface area contributed by atoms with Crippen molar-refractivity contribution in [2.45, 2.75) is 32.9 Å². The molecule has 0 heterocycles. The van der Waals surface area contributed by atoms with Crippen molar-refractivity contribution in [2.24, 2.45) is 5.14 Å². The molecule has 15 heavy (non-hydrogen) atoms. The lowest BCUT2D eigenvalue weighted by Crippen LogP contribution is -2.20. The minimum absolute atomic E-state index is 0.642. The summed E-state index contributed by atoms with van der Waals surface area (Å²) in [5.74, 6) is 0. The van der Waals surface area contributed by atoms with Gasteiger partial charge in [0.25, 0.3) is 0 Å². The highest BCUT2D eigenvalue weighted by Gasteiger charge is 2.20. The zero-order valence-corrected chi connectivity index (χ0v) is 10.4. The van der Waals surface area contributed by atoms with Gasteiger partial charge in [-0.25, -0.2) is 13.6 Å². The SMILES string of the molecule is Cc1cc(C)c(C(C)S(N)(=O)=O)cc1C. The molecule has 4 heteroatoms. The summed E-state index contributed by atoms with van der Waals surface area (Å²) >= 11 is 0. The van der Waals surface area contributed by atoms with Crippen LogP contribution in [0, 0.1) is 20.8 Å². The Morgan fingerprint density at radius 1 is 1.07 bits per heavy atom. The van der Waals surface area contributed by atoms with Gasteiger partial charge in [-0.15, -0.1) is 0 Å². The van der Waals surface area contributed by atoms with Crippen molar-refractivity contribution >= 4 is 10.0 Å². The van der Waals surface area contributed by atoms with Gasteiger partial charge in [-0.05, 0) is 49.9 Å².